The second-order valence-corrected chi connectivity index (χ2v) is 5.48. The zero-order valence-corrected chi connectivity index (χ0v) is 13.7. The number of nitrogens with one attached hydrogen (secondary N) is 1. The fourth-order valence-electron chi connectivity index (χ4n) is 2.76. The van der Waals surface area contributed by atoms with Gasteiger partial charge in [-0.15, -0.1) is 0 Å². The minimum Gasteiger partial charge on any atom is -0.346 e. The first-order valence-corrected chi connectivity index (χ1v) is 7.76. The van der Waals surface area contributed by atoms with Crippen molar-refractivity contribution in [3.63, 3.8) is 0 Å². The predicted octanol–water partition coefficient (Wildman–Crippen LogP) is 2.59. The minimum atomic E-state index is -0.0825. The summed E-state index contributed by atoms with van der Waals surface area (Å²) in [5.74, 6) is -0.0825. The molecule has 124 valence electrons. The smallest absolute Gasteiger partial charge is 0.270 e. The number of hydrogen-bond acceptors (Lipinski definition) is 4. The standard InChI is InChI=1S/C17H18N6O.H2/c1-3-23(8-4-6-18)17(24)14-9-12(10-22(14)2)15-13-5-7-19-16(13)21-11-20-15;/h5,7,9-11H,3-4,8H2,1-2H3,(H,19,20,21);1H. The summed E-state index contributed by atoms with van der Waals surface area (Å²) in [6, 6.07) is 5.84. The molecule has 3 heterocycles. The largest absolute Gasteiger partial charge is 0.346 e. The Kier molecular flexibility index (Phi) is 4.29. The van der Waals surface area contributed by atoms with Gasteiger partial charge in [-0.05, 0) is 19.1 Å². The molecule has 7 nitrogen and oxygen atoms in total. The number of fused-ring (bicyclic) bond motifs is 1. The monoisotopic (exact) mass is 324 g/mol. The van der Waals surface area contributed by atoms with Gasteiger partial charge in [-0.2, -0.15) is 5.26 Å². The Balaban J connectivity index is 0.00000225. The minimum absolute atomic E-state index is 0. The lowest BCUT2D eigenvalue weighted by molar-refractivity contribution is 0.0758. The summed E-state index contributed by atoms with van der Waals surface area (Å²) in [4.78, 5) is 26.0. The number of carbonyl (C=O) groups is 1. The molecule has 0 unspecified atom stereocenters. The molecule has 7 heteroatoms. The second kappa shape index (κ2) is 6.54. The molecule has 0 fully saturated rings. The first-order valence-electron chi connectivity index (χ1n) is 7.76. The van der Waals surface area contributed by atoms with Crippen molar-refractivity contribution in [2.24, 2.45) is 7.05 Å². The van der Waals surface area contributed by atoms with E-state index >= 15 is 0 Å². The van der Waals surface area contributed by atoms with E-state index in [4.69, 9.17) is 5.26 Å². The number of aromatic nitrogens is 4. The van der Waals surface area contributed by atoms with Gasteiger partial charge in [0.15, 0.2) is 0 Å². The van der Waals surface area contributed by atoms with E-state index in [2.05, 4.69) is 21.0 Å². The molecule has 0 saturated heterocycles. The van der Waals surface area contributed by atoms with Gasteiger partial charge in [0.25, 0.3) is 5.91 Å². The number of aryl methyl sites for hydroxylation is 1. The number of nitrogens with zero attached hydrogens (tertiary/aromatic N) is 5. The highest BCUT2D eigenvalue weighted by Crippen LogP contribution is 2.26. The van der Waals surface area contributed by atoms with E-state index < -0.39 is 0 Å². The summed E-state index contributed by atoms with van der Waals surface area (Å²) in [7, 11) is 1.84. The molecule has 0 aliphatic rings. The third kappa shape index (κ3) is 2.74. The Morgan fingerprint density at radius 3 is 3.08 bits per heavy atom. The summed E-state index contributed by atoms with van der Waals surface area (Å²) in [5, 5.41) is 9.66. The van der Waals surface area contributed by atoms with Gasteiger partial charge >= 0.3 is 0 Å². The van der Waals surface area contributed by atoms with Crippen molar-refractivity contribution in [3.05, 3.63) is 36.5 Å². The maximum Gasteiger partial charge on any atom is 0.270 e. The van der Waals surface area contributed by atoms with Crippen LogP contribution in [-0.4, -0.2) is 43.4 Å². The molecular weight excluding hydrogens is 304 g/mol. The molecule has 3 aromatic rings. The topological polar surface area (TPSA) is 90.6 Å². The second-order valence-electron chi connectivity index (χ2n) is 5.48. The van der Waals surface area contributed by atoms with Gasteiger partial charge in [-0.1, -0.05) is 0 Å². The predicted molar refractivity (Wildman–Crippen MR) is 92.2 cm³/mol. The number of hydrogen-bond donors (Lipinski definition) is 1. The number of rotatable bonds is 5. The highest BCUT2D eigenvalue weighted by molar-refractivity contribution is 5.96. The van der Waals surface area contributed by atoms with Crippen LogP contribution in [0, 0.1) is 11.3 Å². The summed E-state index contributed by atoms with van der Waals surface area (Å²) in [5.41, 5.74) is 2.99. The summed E-state index contributed by atoms with van der Waals surface area (Å²) in [6.45, 7) is 2.91. The van der Waals surface area contributed by atoms with E-state index in [1.165, 1.54) is 6.33 Å². The third-order valence-electron chi connectivity index (χ3n) is 4.01. The van der Waals surface area contributed by atoms with Crippen molar-refractivity contribution in [2.45, 2.75) is 13.3 Å². The van der Waals surface area contributed by atoms with E-state index in [1.54, 1.807) is 9.47 Å². The van der Waals surface area contributed by atoms with Gasteiger partial charge in [-0.25, -0.2) is 9.97 Å². The molecule has 1 amide bonds. The van der Waals surface area contributed by atoms with E-state index in [0.29, 0.717) is 25.2 Å². The van der Waals surface area contributed by atoms with Crippen molar-refractivity contribution >= 4 is 16.9 Å². The van der Waals surface area contributed by atoms with Crippen molar-refractivity contribution in [1.82, 2.24) is 24.4 Å². The number of carbonyl (C=O) groups excluding carboxylic acids is 1. The zero-order chi connectivity index (χ0) is 17.1. The molecule has 0 atom stereocenters. The van der Waals surface area contributed by atoms with Crippen LogP contribution < -0.4 is 0 Å². The quantitative estimate of drug-likeness (QED) is 0.781. The van der Waals surface area contributed by atoms with E-state index in [0.717, 1.165) is 22.3 Å². The number of nitriles is 1. The molecule has 0 radical (unpaired) electrons. The van der Waals surface area contributed by atoms with Gasteiger partial charge in [0.1, 0.15) is 17.7 Å². The highest BCUT2D eigenvalue weighted by atomic mass is 16.2. The maximum absolute atomic E-state index is 12.7. The molecule has 24 heavy (non-hydrogen) atoms. The van der Waals surface area contributed by atoms with Crippen LogP contribution in [0.1, 0.15) is 25.3 Å². The summed E-state index contributed by atoms with van der Waals surface area (Å²) < 4.78 is 1.80. The average Bonchev–Trinajstić information content (AvgIpc) is 3.21. The number of H-pyrrole nitrogens is 1. The number of aromatic amines is 1. The van der Waals surface area contributed by atoms with Crippen molar-refractivity contribution in [3.8, 4) is 17.3 Å². The Labute approximate surface area is 141 Å². The lowest BCUT2D eigenvalue weighted by Gasteiger charge is -2.19. The Hall–Kier alpha value is -3.14. The van der Waals surface area contributed by atoms with Gasteiger partial charge < -0.3 is 14.5 Å². The molecule has 0 saturated carbocycles. The van der Waals surface area contributed by atoms with E-state index in [9.17, 15) is 4.79 Å². The van der Waals surface area contributed by atoms with Crippen LogP contribution >= 0.6 is 0 Å². The van der Waals surface area contributed by atoms with Gasteiger partial charge in [0.05, 0.1) is 18.2 Å². The van der Waals surface area contributed by atoms with Crippen LogP contribution in [-0.2, 0) is 7.05 Å². The molecule has 0 bridgehead atoms. The van der Waals surface area contributed by atoms with Gasteiger partial charge in [0.2, 0.25) is 0 Å². The normalized spacial score (nSPS) is 10.7. The molecule has 3 aromatic heterocycles. The molecule has 0 aliphatic heterocycles. The lowest BCUT2D eigenvalue weighted by Crippen LogP contribution is -2.32. The molecule has 0 aliphatic carbocycles. The highest BCUT2D eigenvalue weighted by Gasteiger charge is 2.19. The number of amides is 1. The van der Waals surface area contributed by atoms with E-state index in [-0.39, 0.29) is 7.33 Å². The van der Waals surface area contributed by atoms with Crippen molar-refractivity contribution in [2.75, 3.05) is 13.1 Å². The van der Waals surface area contributed by atoms with E-state index in [1.807, 2.05) is 38.5 Å². The van der Waals surface area contributed by atoms with Gasteiger partial charge in [-0.3, -0.25) is 4.79 Å². The summed E-state index contributed by atoms with van der Waals surface area (Å²) in [6.07, 6.45) is 5.54. The van der Waals surface area contributed by atoms with Crippen LogP contribution in [0.15, 0.2) is 30.9 Å². The fourth-order valence-corrected chi connectivity index (χ4v) is 2.76. The first kappa shape index (κ1) is 15.7. The third-order valence-corrected chi connectivity index (χ3v) is 4.01. The average molecular weight is 324 g/mol. The Morgan fingerprint density at radius 1 is 1.50 bits per heavy atom. The lowest BCUT2D eigenvalue weighted by atomic mass is 10.1. The maximum atomic E-state index is 12.7. The fraction of sp³-hybridized carbons (Fsp3) is 0.294. The first-order chi connectivity index (χ1) is 11.7. The summed E-state index contributed by atoms with van der Waals surface area (Å²) >= 11 is 0. The Morgan fingerprint density at radius 2 is 2.33 bits per heavy atom. The Bertz CT molecular complexity index is 923. The molecule has 0 aromatic carbocycles. The van der Waals surface area contributed by atoms with Crippen LogP contribution in [0.3, 0.4) is 0 Å². The molecule has 3 rings (SSSR count). The molecular formula is C17H20N6O. The van der Waals surface area contributed by atoms with Gasteiger partial charge in [0, 0.05) is 44.9 Å². The van der Waals surface area contributed by atoms with Crippen LogP contribution in [0.25, 0.3) is 22.3 Å². The van der Waals surface area contributed by atoms with Crippen LogP contribution in [0.2, 0.25) is 0 Å². The van der Waals surface area contributed by atoms with Crippen LogP contribution in [0.4, 0.5) is 0 Å². The van der Waals surface area contributed by atoms with Crippen molar-refractivity contribution in [1.29, 1.82) is 5.26 Å². The SMILES string of the molecule is CCN(CCC#N)C(=O)c1cc(-c2ncnc3[nH]ccc23)cn1C.[HH]. The zero-order valence-electron chi connectivity index (χ0n) is 13.7. The van der Waals surface area contributed by atoms with Crippen molar-refractivity contribution < 1.29 is 6.22 Å². The molecule has 1 N–H and O–H groups in total. The molecule has 0 spiro atoms. The van der Waals surface area contributed by atoms with Crippen LogP contribution in [0.5, 0.6) is 0 Å².